The Morgan fingerprint density at radius 2 is 2.04 bits per heavy atom. The van der Waals surface area contributed by atoms with Crippen molar-refractivity contribution in [1.29, 1.82) is 0 Å². The first-order chi connectivity index (χ1) is 11.2. The Morgan fingerprint density at radius 1 is 1.22 bits per heavy atom. The number of ether oxygens (including phenoxy) is 1. The number of halogens is 2. The minimum atomic E-state index is -0.267. The molecule has 0 aliphatic heterocycles. The topological polar surface area (TPSA) is 48.2 Å². The molecule has 0 unspecified atom stereocenters. The van der Waals surface area contributed by atoms with Gasteiger partial charge in [0, 0.05) is 10.2 Å². The van der Waals surface area contributed by atoms with Gasteiger partial charge in [-0.2, -0.15) is 0 Å². The highest BCUT2D eigenvalue weighted by atomic mass is 79.9. The van der Waals surface area contributed by atoms with Crippen molar-refractivity contribution in [2.75, 3.05) is 7.11 Å². The summed E-state index contributed by atoms with van der Waals surface area (Å²) in [5, 5.41) is 8.40. The van der Waals surface area contributed by atoms with Crippen LogP contribution in [0.3, 0.4) is 0 Å². The molecule has 0 radical (unpaired) electrons. The third kappa shape index (κ3) is 3.73. The molecule has 7 heteroatoms. The molecule has 4 nitrogen and oxygen atoms in total. The Morgan fingerprint density at radius 3 is 2.83 bits per heavy atom. The molecule has 1 heterocycles. The van der Waals surface area contributed by atoms with Gasteiger partial charge in [0.05, 0.1) is 12.7 Å². The lowest BCUT2D eigenvalue weighted by atomic mass is 10.2. The molecule has 118 valence electrons. The minimum absolute atomic E-state index is 0.267. The first-order valence-corrected chi connectivity index (χ1v) is 8.49. The van der Waals surface area contributed by atoms with Crippen LogP contribution in [-0.4, -0.2) is 17.3 Å². The van der Waals surface area contributed by atoms with Crippen LogP contribution in [0.2, 0.25) is 0 Å². The fourth-order valence-electron chi connectivity index (χ4n) is 1.98. The van der Waals surface area contributed by atoms with Crippen LogP contribution in [0, 0.1) is 5.82 Å². The van der Waals surface area contributed by atoms with E-state index in [1.165, 1.54) is 17.8 Å². The summed E-state index contributed by atoms with van der Waals surface area (Å²) in [6.07, 6.45) is 0. The van der Waals surface area contributed by atoms with Crippen molar-refractivity contribution in [2.24, 2.45) is 0 Å². The van der Waals surface area contributed by atoms with E-state index in [9.17, 15) is 4.39 Å². The standard InChI is InChI=1S/C16H12BrFN2O2S/c1-21-14-5-3-2-4-12(14)15-19-20-16(22-15)23-9-10-6-7-11(17)8-13(10)18/h2-8H,9H2,1H3. The summed E-state index contributed by atoms with van der Waals surface area (Å²) >= 11 is 4.52. The number of methoxy groups -OCH3 is 1. The number of aromatic nitrogens is 2. The van der Waals surface area contributed by atoms with Gasteiger partial charge in [0.1, 0.15) is 11.6 Å². The Balaban J connectivity index is 1.75. The number of hydrogen-bond donors (Lipinski definition) is 0. The number of hydrogen-bond acceptors (Lipinski definition) is 5. The highest BCUT2D eigenvalue weighted by molar-refractivity contribution is 9.10. The molecule has 0 aliphatic carbocycles. The number of para-hydroxylation sites is 1. The molecule has 23 heavy (non-hydrogen) atoms. The lowest BCUT2D eigenvalue weighted by Gasteiger charge is -2.03. The molecule has 0 saturated carbocycles. The van der Waals surface area contributed by atoms with Gasteiger partial charge in [0.15, 0.2) is 0 Å². The molecule has 0 amide bonds. The van der Waals surface area contributed by atoms with Crippen molar-refractivity contribution in [3.8, 4) is 17.2 Å². The smallest absolute Gasteiger partial charge is 0.277 e. The quantitative estimate of drug-likeness (QED) is 0.573. The summed E-state index contributed by atoms with van der Waals surface area (Å²) in [7, 11) is 1.58. The normalized spacial score (nSPS) is 10.7. The predicted octanol–water partition coefficient (Wildman–Crippen LogP) is 4.94. The maximum absolute atomic E-state index is 13.8. The van der Waals surface area contributed by atoms with Gasteiger partial charge in [-0.3, -0.25) is 0 Å². The van der Waals surface area contributed by atoms with Crippen LogP contribution in [0.1, 0.15) is 5.56 Å². The molecular formula is C16H12BrFN2O2S. The summed E-state index contributed by atoms with van der Waals surface area (Å²) in [6, 6.07) is 12.4. The fraction of sp³-hybridized carbons (Fsp3) is 0.125. The van der Waals surface area contributed by atoms with E-state index in [0.29, 0.717) is 32.7 Å². The van der Waals surface area contributed by atoms with Gasteiger partial charge < -0.3 is 9.15 Å². The van der Waals surface area contributed by atoms with Gasteiger partial charge in [0.25, 0.3) is 11.1 Å². The molecule has 3 aromatic rings. The number of benzene rings is 2. The number of rotatable bonds is 5. The second-order valence-electron chi connectivity index (χ2n) is 4.60. The van der Waals surface area contributed by atoms with Crippen LogP contribution in [-0.2, 0) is 5.75 Å². The van der Waals surface area contributed by atoms with Crippen molar-refractivity contribution in [3.63, 3.8) is 0 Å². The Hall–Kier alpha value is -1.86. The Bertz CT molecular complexity index is 825. The highest BCUT2D eigenvalue weighted by Gasteiger charge is 2.14. The van der Waals surface area contributed by atoms with Crippen LogP contribution in [0.15, 0.2) is 56.6 Å². The fourth-order valence-corrected chi connectivity index (χ4v) is 3.06. The molecule has 0 fully saturated rings. The molecule has 0 aliphatic rings. The monoisotopic (exact) mass is 394 g/mol. The van der Waals surface area contributed by atoms with E-state index in [2.05, 4.69) is 26.1 Å². The van der Waals surface area contributed by atoms with Crippen LogP contribution in [0.5, 0.6) is 5.75 Å². The second kappa shape index (κ2) is 7.14. The Labute approximate surface area is 145 Å². The van der Waals surface area contributed by atoms with E-state index < -0.39 is 0 Å². The lowest BCUT2D eigenvalue weighted by Crippen LogP contribution is -1.87. The summed E-state index contributed by atoms with van der Waals surface area (Å²) in [4.78, 5) is 0. The van der Waals surface area contributed by atoms with Gasteiger partial charge in [-0.25, -0.2) is 4.39 Å². The molecule has 0 saturated heterocycles. The molecule has 0 bridgehead atoms. The first kappa shape index (κ1) is 16.0. The third-order valence-corrected chi connectivity index (χ3v) is 4.47. The SMILES string of the molecule is COc1ccccc1-c1nnc(SCc2ccc(Br)cc2F)o1. The molecular weight excluding hydrogens is 383 g/mol. The summed E-state index contributed by atoms with van der Waals surface area (Å²) in [6.45, 7) is 0. The van der Waals surface area contributed by atoms with Crippen LogP contribution in [0.4, 0.5) is 4.39 Å². The minimum Gasteiger partial charge on any atom is -0.496 e. The third-order valence-electron chi connectivity index (χ3n) is 3.11. The average molecular weight is 395 g/mol. The lowest BCUT2D eigenvalue weighted by molar-refractivity contribution is 0.411. The summed E-state index contributed by atoms with van der Waals surface area (Å²) < 4.78 is 25.4. The zero-order valence-electron chi connectivity index (χ0n) is 12.1. The summed E-state index contributed by atoms with van der Waals surface area (Å²) in [5.74, 6) is 1.18. The van der Waals surface area contributed by atoms with E-state index in [1.54, 1.807) is 19.2 Å². The van der Waals surface area contributed by atoms with Gasteiger partial charge >= 0.3 is 0 Å². The predicted molar refractivity (Wildman–Crippen MR) is 89.9 cm³/mol. The van der Waals surface area contributed by atoms with Crippen molar-refractivity contribution in [3.05, 3.63) is 58.3 Å². The maximum Gasteiger partial charge on any atom is 0.277 e. The number of thioether (sulfide) groups is 1. The average Bonchev–Trinajstić information content (AvgIpc) is 3.03. The van der Waals surface area contributed by atoms with E-state index in [-0.39, 0.29) is 5.82 Å². The number of nitrogens with zero attached hydrogens (tertiary/aromatic N) is 2. The van der Waals surface area contributed by atoms with Crippen molar-refractivity contribution in [2.45, 2.75) is 11.0 Å². The van der Waals surface area contributed by atoms with Gasteiger partial charge in [-0.05, 0) is 29.8 Å². The van der Waals surface area contributed by atoms with E-state index >= 15 is 0 Å². The molecule has 0 N–H and O–H groups in total. The van der Waals surface area contributed by atoms with Crippen LogP contribution in [0.25, 0.3) is 11.5 Å². The van der Waals surface area contributed by atoms with E-state index in [0.717, 1.165) is 5.56 Å². The molecule has 0 spiro atoms. The molecule has 1 aromatic heterocycles. The summed E-state index contributed by atoms with van der Waals surface area (Å²) in [5.41, 5.74) is 1.31. The zero-order chi connectivity index (χ0) is 16.2. The van der Waals surface area contributed by atoms with Crippen LogP contribution < -0.4 is 4.74 Å². The highest BCUT2D eigenvalue weighted by Crippen LogP contribution is 2.31. The van der Waals surface area contributed by atoms with Crippen molar-refractivity contribution >= 4 is 27.7 Å². The first-order valence-electron chi connectivity index (χ1n) is 6.71. The van der Waals surface area contributed by atoms with Gasteiger partial charge in [-0.15, -0.1) is 10.2 Å². The zero-order valence-corrected chi connectivity index (χ0v) is 14.5. The second-order valence-corrected chi connectivity index (χ2v) is 6.44. The Kier molecular flexibility index (Phi) is 4.97. The van der Waals surface area contributed by atoms with E-state index in [4.69, 9.17) is 9.15 Å². The largest absolute Gasteiger partial charge is 0.496 e. The van der Waals surface area contributed by atoms with E-state index in [1.807, 2.05) is 24.3 Å². The van der Waals surface area contributed by atoms with Gasteiger partial charge in [-0.1, -0.05) is 45.9 Å². The molecule has 3 rings (SSSR count). The van der Waals surface area contributed by atoms with Crippen LogP contribution >= 0.6 is 27.7 Å². The molecule has 0 atom stereocenters. The maximum atomic E-state index is 13.8. The van der Waals surface area contributed by atoms with Gasteiger partial charge in [0.2, 0.25) is 0 Å². The van der Waals surface area contributed by atoms with Crippen molar-refractivity contribution < 1.29 is 13.5 Å². The molecule has 2 aromatic carbocycles. The van der Waals surface area contributed by atoms with Crippen molar-refractivity contribution in [1.82, 2.24) is 10.2 Å².